The average molecular weight is 216 g/mol. The molecule has 90 valence electrons. The van der Waals surface area contributed by atoms with Crippen LogP contribution in [0.15, 0.2) is 0 Å². The summed E-state index contributed by atoms with van der Waals surface area (Å²) in [7, 11) is 4.05. The highest BCUT2D eigenvalue weighted by atomic mass is 16.5. The molecule has 1 aliphatic heterocycles. The van der Waals surface area contributed by atoms with E-state index >= 15 is 0 Å². The van der Waals surface area contributed by atoms with E-state index in [2.05, 4.69) is 17.3 Å². The fourth-order valence-electron chi connectivity index (χ4n) is 2.17. The van der Waals surface area contributed by atoms with Crippen molar-refractivity contribution in [3.8, 4) is 0 Å². The van der Waals surface area contributed by atoms with Gasteiger partial charge in [-0.05, 0) is 27.4 Å². The van der Waals surface area contributed by atoms with E-state index in [1.54, 1.807) is 0 Å². The van der Waals surface area contributed by atoms with Crippen LogP contribution in [0.5, 0.6) is 0 Å². The first-order chi connectivity index (χ1) is 7.13. The molecule has 0 radical (unpaired) electrons. The molecule has 0 aromatic carbocycles. The summed E-state index contributed by atoms with van der Waals surface area (Å²) in [5.41, 5.74) is 0.229. The molecule has 15 heavy (non-hydrogen) atoms. The fraction of sp³-hybridized carbons (Fsp3) is 1.00. The van der Waals surface area contributed by atoms with E-state index < -0.39 is 0 Å². The first-order valence-electron chi connectivity index (χ1n) is 5.67. The number of rotatable bonds is 6. The van der Waals surface area contributed by atoms with Crippen LogP contribution in [0.4, 0.5) is 0 Å². The molecule has 1 rings (SSSR count). The van der Waals surface area contributed by atoms with Crippen LogP contribution in [-0.4, -0.2) is 63.1 Å². The molecule has 4 nitrogen and oxygen atoms in total. The fourth-order valence-corrected chi connectivity index (χ4v) is 2.17. The Morgan fingerprint density at radius 2 is 2.33 bits per heavy atom. The van der Waals surface area contributed by atoms with Crippen LogP contribution in [0.1, 0.15) is 13.3 Å². The zero-order chi connectivity index (χ0) is 11.3. The third-order valence-corrected chi connectivity index (χ3v) is 3.34. The van der Waals surface area contributed by atoms with Crippen molar-refractivity contribution in [1.82, 2.24) is 10.2 Å². The van der Waals surface area contributed by atoms with Crippen LogP contribution in [0, 0.1) is 5.41 Å². The molecule has 1 heterocycles. The maximum absolute atomic E-state index is 9.10. The van der Waals surface area contributed by atoms with E-state index in [1.165, 1.54) is 0 Å². The number of ether oxygens (including phenoxy) is 1. The molecule has 1 saturated heterocycles. The van der Waals surface area contributed by atoms with Gasteiger partial charge in [0.15, 0.2) is 0 Å². The molecule has 4 heteroatoms. The molecule has 2 unspecified atom stereocenters. The molecular formula is C11H24N2O2. The summed E-state index contributed by atoms with van der Waals surface area (Å²) in [5, 5.41) is 12.3. The summed E-state index contributed by atoms with van der Waals surface area (Å²) >= 11 is 0. The second-order valence-electron chi connectivity index (χ2n) is 4.78. The van der Waals surface area contributed by atoms with Crippen molar-refractivity contribution in [2.45, 2.75) is 19.4 Å². The molecule has 0 saturated carbocycles. The van der Waals surface area contributed by atoms with E-state index in [0.29, 0.717) is 0 Å². The highest BCUT2D eigenvalue weighted by Gasteiger charge is 2.35. The first-order valence-corrected chi connectivity index (χ1v) is 5.67. The van der Waals surface area contributed by atoms with E-state index in [1.807, 2.05) is 14.0 Å². The summed E-state index contributed by atoms with van der Waals surface area (Å²) in [4.78, 5) is 2.21. The third kappa shape index (κ3) is 3.41. The minimum absolute atomic E-state index is 0.215. The number of nitrogens with one attached hydrogen (secondary N) is 1. The molecule has 0 spiro atoms. The highest BCUT2D eigenvalue weighted by Crippen LogP contribution is 2.29. The highest BCUT2D eigenvalue weighted by molar-refractivity contribution is 4.88. The van der Waals surface area contributed by atoms with E-state index in [0.717, 1.165) is 32.7 Å². The van der Waals surface area contributed by atoms with Gasteiger partial charge >= 0.3 is 0 Å². The minimum atomic E-state index is 0.215. The van der Waals surface area contributed by atoms with Gasteiger partial charge in [0.05, 0.1) is 13.2 Å². The third-order valence-electron chi connectivity index (χ3n) is 3.34. The normalized spacial score (nSPS) is 28.6. The monoisotopic (exact) mass is 216 g/mol. The predicted molar refractivity (Wildman–Crippen MR) is 61.0 cm³/mol. The molecule has 0 bridgehead atoms. The van der Waals surface area contributed by atoms with Crippen molar-refractivity contribution in [3.05, 3.63) is 0 Å². The molecule has 2 atom stereocenters. The maximum atomic E-state index is 9.10. The molecule has 2 N–H and O–H groups in total. The van der Waals surface area contributed by atoms with Crippen LogP contribution in [-0.2, 0) is 4.74 Å². The van der Waals surface area contributed by atoms with Gasteiger partial charge in [0.1, 0.15) is 0 Å². The number of likely N-dealkylation sites (N-methyl/N-ethyl adjacent to an activating group) is 1. The second kappa shape index (κ2) is 5.80. The van der Waals surface area contributed by atoms with Gasteiger partial charge in [-0.25, -0.2) is 0 Å². The molecule has 1 aliphatic rings. The quantitative estimate of drug-likeness (QED) is 0.652. The molecule has 0 aliphatic carbocycles. The molecular weight excluding hydrogens is 192 g/mol. The van der Waals surface area contributed by atoms with Gasteiger partial charge in [-0.15, -0.1) is 0 Å². The Bertz CT molecular complexity index is 181. The Kier molecular flexibility index (Phi) is 4.99. The first kappa shape index (κ1) is 12.9. The summed E-state index contributed by atoms with van der Waals surface area (Å²) in [5.74, 6) is 0. The van der Waals surface area contributed by atoms with Crippen LogP contribution in [0.3, 0.4) is 0 Å². The molecule has 0 aromatic rings. The lowest BCUT2D eigenvalue weighted by Gasteiger charge is -2.34. The minimum Gasteiger partial charge on any atom is -0.395 e. The molecule has 1 fully saturated rings. The lowest BCUT2D eigenvalue weighted by Crippen LogP contribution is -2.46. The van der Waals surface area contributed by atoms with Gasteiger partial charge < -0.3 is 20.1 Å². The Morgan fingerprint density at radius 1 is 1.60 bits per heavy atom. The Balaban J connectivity index is 2.50. The molecule has 0 amide bonds. The standard InChI is InChI=1S/C11H24N2O2/c1-10(6-14)13(3)8-11(7-12-2)4-5-15-9-11/h10,12,14H,4-9H2,1-3H3. The van der Waals surface area contributed by atoms with Crippen molar-refractivity contribution in [1.29, 1.82) is 0 Å². The number of aliphatic hydroxyl groups excluding tert-OH is 1. The number of nitrogens with zero attached hydrogens (tertiary/aromatic N) is 1. The van der Waals surface area contributed by atoms with Crippen molar-refractivity contribution in [2.75, 3.05) is 47.0 Å². The predicted octanol–water partition coefficient (Wildman–Crippen LogP) is -0.0749. The smallest absolute Gasteiger partial charge is 0.0584 e. The zero-order valence-corrected chi connectivity index (χ0v) is 10.1. The Hall–Kier alpha value is -0.160. The molecule has 0 aromatic heterocycles. The average Bonchev–Trinajstić information content (AvgIpc) is 2.65. The van der Waals surface area contributed by atoms with Gasteiger partial charge in [-0.3, -0.25) is 0 Å². The Morgan fingerprint density at radius 3 is 2.80 bits per heavy atom. The topological polar surface area (TPSA) is 44.7 Å². The van der Waals surface area contributed by atoms with E-state index in [9.17, 15) is 0 Å². The maximum Gasteiger partial charge on any atom is 0.0584 e. The van der Waals surface area contributed by atoms with Crippen LogP contribution >= 0.6 is 0 Å². The zero-order valence-electron chi connectivity index (χ0n) is 10.1. The SMILES string of the molecule is CNCC1(CN(C)C(C)CO)CCOC1. The van der Waals surface area contributed by atoms with Gasteiger partial charge in [0.25, 0.3) is 0 Å². The lowest BCUT2D eigenvalue weighted by atomic mass is 9.86. The van der Waals surface area contributed by atoms with Crippen LogP contribution < -0.4 is 5.32 Å². The number of aliphatic hydroxyl groups is 1. The second-order valence-corrected chi connectivity index (χ2v) is 4.78. The van der Waals surface area contributed by atoms with Gasteiger partial charge in [-0.1, -0.05) is 0 Å². The van der Waals surface area contributed by atoms with Gasteiger partial charge in [0, 0.05) is 31.2 Å². The van der Waals surface area contributed by atoms with Crippen molar-refractivity contribution in [2.24, 2.45) is 5.41 Å². The lowest BCUT2D eigenvalue weighted by molar-refractivity contribution is 0.0853. The van der Waals surface area contributed by atoms with Gasteiger partial charge in [0.2, 0.25) is 0 Å². The van der Waals surface area contributed by atoms with Crippen molar-refractivity contribution in [3.63, 3.8) is 0 Å². The van der Waals surface area contributed by atoms with Crippen molar-refractivity contribution >= 4 is 0 Å². The van der Waals surface area contributed by atoms with E-state index in [4.69, 9.17) is 9.84 Å². The largest absolute Gasteiger partial charge is 0.395 e. The summed E-state index contributed by atoms with van der Waals surface area (Å²) in [6.45, 7) is 5.92. The van der Waals surface area contributed by atoms with Crippen molar-refractivity contribution < 1.29 is 9.84 Å². The summed E-state index contributed by atoms with van der Waals surface area (Å²) < 4.78 is 5.50. The number of hydrogen-bond donors (Lipinski definition) is 2. The Labute approximate surface area is 92.6 Å². The summed E-state index contributed by atoms with van der Waals surface area (Å²) in [6, 6.07) is 0.222. The summed E-state index contributed by atoms with van der Waals surface area (Å²) in [6.07, 6.45) is 1.11. The van der Waals surface area contributed by atoms with Crippen LogP contribution in [0.25, 0.3) is 0 Å². The van der Waals surface area contributed by atoms with Crippen LogP contribution in [0.2, 0.25) is 0 Å². The number of hydrogen-bond acceptors (Lipinski definition) is 4. The van der Waals surface area contributed by atoms with E-state index in [-0.39, 0.29) is 18.1 Å². The van der Waals surface area contributed by atoms with Gasteiger partial charge in [-0.2, -0.15) is 0 Å².